The van der Waals surface area contributed by atoms with Crippen LogP contribution in [-0.4, -0.2) is 30.9 Å². The largest absolute Gasteiger partial charge is 0.490 e. The first-order chi connectivity index (χ1) is 21.2. The van der Waals surface area contributed by atoms with Crippen LogP contribution in [0.5, 0.6) is 17.2 Å². The minimum atomic E-state index is -0.772. The molecule has 4 aromatic rings. The summed E-state index contributed by atoms with van der Waals surface area (Å²) in [5.41, 5.74) is 3.64. The number of hydrogen-bond donors (Lipinski definition) is 0. The van der Waals surface area contributed by atoms with Gasteiger partial charge in [0.2, 0.25) is 0 Å². The monoisotopic (exact) mass is 740 g/mol. The Kier molecular flexibility index (Phi) is 10.1. The Balaban J connectivity index is 1.54. The van der Waals surface area contributed by atoms with E-state index in [2.05, 4.69) is 36.9 Å². The highest BCUT2D eigenvalue weighted by atomic mass is 79.9. The van der Waals surface area contributed by atoms with Crippen molar-refractivity contribution >= 4 is 55.2 Å². The zero-order valence-corrected chi connectivity index (χ0v) is 28.5. The Hall–Kier alpha value is -3.67. The normalized spacial score (nSPS) is 14.4. The van der Waals surface area contributed by atoms with Gasteiger partial charge in [-0.3, -0.25) is 9.36 Å². The van der Waals surface area contributed by atoms with Crippen LogP contribution in [0.3, 0.4) is 0 Å². The van der Waals surface area contributed by atoms with Crippen LogP contribution in [0.1, 0.15) is 42.1 Å². The van der Waals surface area contributed by atoms with Crippen LogP contribution >= 0.6 is 43.2 Å². The van der Waals surface area contributed by atoms with Crippen molar-refractivity contribution in [3.05, 3.63) is 117 Å². The summed E-state index contributed by atoms with van der Waals surface area (Å²) in [5, 5.41) is 0. The fourth-order valence-corrected chi connectivity index (χ4v) is 7.20. The third-order valence-corrected chi connectivity index (χ3v) is 9.01. The number of carbonyl (C=O) groups is 1. The maximum Gasteiger partial charge on any atom is 0.337 e. The molecule has 0 fully saturated rings. The number of thiazole rings is 1. The Labute approximate surface area is 275 Å². The Bertz CT molecular complexity index is 1890. The van der Waals surface area contributed by atoms with Gasteiger partial charge in [0.15, 0.2) is 16.3 Å². The highest BCUT2D eigenvalue weighted by Crippen LogP contribution is 2.37. The quantitative estimate of drug-likeness (QED) is 0.179. The molecule has 0 bridgehead atoms. The van der Waals surface area contributed by atoms with Crippen molar-refractivity contribution in [2.75, 3.05) is 20.3 Å². The second-order valence-electron chi connectivity index (χ2n) is 9.84. The van der Waals surface area contributed by atoms with E-state index >= 15 is 0 Å². The molecule has 44 heavy (non-hydrogen) atoms. The first-order valence-corrected chi connectivity index (χ1v) is 16.3. The summed E-state index contributed by atoms with van der Waals surface area (Å²) in [7, 11) is 1.30. The Morgan fingerprint density at radius 3 is 2.32 bits per heavy atom. The summed E-state index contributed by atoms with van der Waals surface area (Å²) in [6, 6.07) is 16.6. The van der Waals surface area contributed by atoms with E-state index in [1.165, 1.54) is 34.8 Å². The highest BCUT2D eigenvalue weighted by molar-refractivity contribution is 9.11. The first-order valence-electron chi connectivity index (χ1n) is 13.9. The van der Waals surface area contributed by atoms with Gasteiger partial charge in [0.05, 0.1) is 45.4 Å². The molecule has 3 aromatic carbocycles. The number of methoxy groups -OCH3 is 1. The average Bonchev–Trinajstić information content (AvgIpc) is 3.32. The average molecular weight is 742 g/mol. The van der Waals surface area contributed by atoms with E-state index < -0.39 is 12.0 Å². The molecule has 0 unspecified atom stereocenters. The number of ether oxygens (including phenoxy) is 4. The van der Waals surface area contributed by atoms with E-state index in [0.29, 0.717) is 52.0 Å². The van der Waals surface area contributed by atoms with E-state index in [1.807, 2.05) is 63.2 Å². The summed E-state index contributed by atoms with van der Waals surface area (Å²) >= 11 is 8.49. The smallest absolute Gasteiger partial charge is 0.337 e. The number of nitrogens with zero attached hydrogens (tertiary/aromatic N) is 2. The molecular weight excluding hydrogens is 712 g/mol. The zero-order valence-electron chi connectivity index (χ0n) is 24.6. The number of rotatable bonds is 10. The van der Waals surface area contributed by atoms with Crippen LogP contribution < -0.4 is 29.1 Å². The molecule has 0 aliphatic carbocycles. The lowest BCUT2D eigenvalue weighted by molar-refractivity contribution is -0.136. The van der Waals surface area contributed by atoms with Gasteiger partial charge in [-0.05, 0) is 99.7 Å². The van der Waals surface area contributed by atoms with Crippen LogP contribution in [0, 0.1) is 6.92 Å². The number of benzene rings is 3. The number of carbonyl (C=O) groups excluding carboxylic acids is 1. The number of hydrogen-bond acceptors (Lipinski definition) is 8. The topological polar surface area (TPSA) is 88.4 Å². The van der Waals surface area contributed by atoms with Gasteiger partial charge in [0.1, 0.15) is 12.4 Å². The van der Waals surface area contributed by atoms with Crippen LogP contribution in [0.25, 0.3) is 6.08 Å². The predicted octanol–water partition coefficient (Wildman–Crippen LogP) is 6.23. The maximum atomic E-state index is 14.0. The molecule has 0 saturated carbocycles. The fraction of sp³-hybridized carbons (Fsp3) is 0.242. The van der Waals surface area contributed by atoms with Gasteiger partial charge in [-0.25, -0.2) is 9.79 Å². The van der Waals surface area contributed by atoms with Crippen molar-refractivity contribution in [1.82, 2.24) is 4.57 Å². The number of halogens is 2. The van der Waals surface area contributed by atoms with Crippen LogP contribution in [-0.2, 0) is 16.1 Å². The van der Waals surface area contributed by atoms with Crippen molar-refractivity contribution in [3.63, 3.8) is 0 Å². The number of fused-ring (bicyclic) bond motifs is 1. The summed E-state index contributed by atoms with van der Waals surface area (Å²) in [4.78, 5) is 31.7. The van der Waals surface area contributed by atoms with Crippen molar-refractivity contribution in [2.24, 2.45) is 4.99 Å². The summed E-state index contributed by atoms with van der Waals surface area (Å²) in [6.07, 6.45) is 3.27. The minimum absolute atomic E-state index is 0.235. The molecule has 0 spiro atoms. The lowest BCUT2D eigenvalue weighted by Crippen LogP contribution is -2.39. The Morgan fingerprint density at radius 1 is 0.977 bits per heavy atom. The minimum Gasteiger partial charge on any atom is -0.490 e. The predicted molar refractivity (Wildman–Crippen MR) is 177 cm³/mol. The van der Waals surface area contributed by atoms with Gasteiger partial charge in [-0.1, -0.05) is 47.2 Å². The van der Waals surface area contributed by atoms with Crippen LogP contribution in [0.15, 0.2) is 85.1 Å². The molecule has 11 heteroatoms. The molecule has 0 saturated heterocycles. The standard InChI is InChI=1S/C33H30Br2N2O6S/c1-5-41-26-12-11-22(16-27(26)42-6-2)29-23(32(39)40-4)17-36-33-37(29)31(38)28(44-33)15-21-13-24(34)30(25(35)14-21)43-18-20-9-7-19(3)8-10-20/h7-17,29H,5-6,18H2,1-4H3/b28-15-/t29-/m1/s1. The molecule has 1 atom stereocenters. The van der Waals surface area contributed by atoms with Gasteiger partial charge in [0.25, 0.3) is 5.56 Å². The molecule has 1 aliphatic rings. The lowest BCUT2D eigenvalue weighted by atomic mass is 9.97. The molecule has 2 heterocycles. The first kappa shape index (κ1) is 31.7. The molecule has 228 valence electrons. The summed E-state index contributed by atoms with van der Waals surface area (Å²) in [5.74, 6) is 1.19. The van der Waals surface area contributed by atoms with Crippen molar-refractivity contribution in [2.45, 2.75) is 33.4 Å². The third kappa shape index (κ3) is 6.69. The van der Waals surface area contributed by atoms with Crippen LogP contribution in [0.4, 0.5) is 0 Å². The molecule has 5 rings (SSSR count). The van der Waals surface area contributed by atoms with Crippen molar-refractivity contribution in [3.8, 4) is 17.2 Å². The van der Waals surface area contributed by atoms with E-state index in [0.717, 1.165) is 20.1 Å². The van der Waals surface area contributed by atoms with E-state index in [1.54, 1.807) is 18.2 Å². The van der Waals surface area contributed by atoms with Crippen molar-refractivity contribution in [1.29, 1.82) is 0 Å². The van der Waals surface area contributed by atoms with Crippen LogP contribution in [0.2, 0.25) is 0 Å². The van der Waals surface area contributed by atoms with Gasteiger partial charge >= 0.3 is 5.97 Å². The molecule has 1 aromatic heterocycles. The third-order valence-electron chi connectivity index (χ3n) is 6.83. The number of aryl methyl sites for hydroxylation is 1. The van der Waals surface area contributed by atoms with Gasteiger partial charge < -0.3 is 18.9 Å². The molecular formula is C33H30Br2N2O6S. The van der Waals surface area contributed by atoms with E-state index in [-0.39, 0.29) is 11.1 Å². The lowest BCUT2D eigenvalue weighted by Gasteiger charge is -2.23. The van der Waals surface area contributed by atoms with Gasteiger partial charge in [0, 0.05) is 6.20 Å². The van der Waals surface area contributed by atoms with Crippen molar-refractivity contribution < 1.29 is 23.7 Å². The molecule has 0 amide bonds. The van der Waals surface area contributed by atoms with Gasteiger partial charge in [-0.15, -0.1) is 0 Å². The SMILES string of the molecule is CCOc1ccc([C@@H]2C(C(=O)OC)=CN=c3s/c(=C\c4cc(Br)c(OCc5ccc(C)cc5)c(Br)c4)c(=O)n32)cc1OCC. The fourth-order valence-electron chi connectivity index (χ4n) is 4.78. The molecule has 0 radical (unpaired) electrons. The zero-order chi connectivity index (χ0) is 31.4. The Morgan fingerprint density at radius 2 is 1.66 bits per heavy atom. The van der Waals surface area contributed by atoms with E-state index in [4.69, 9.17) is 18.9 Å². The van der Waals surface area contributed by atoms with E-state index in [9.17, 15) is 9.59 Å². The highest BCUT2D eigenvalue weighted by Gasteiger charge is 2.31. The second kappa shape index (κ2) is 14.0. The second-order valence-corrected chi connectivity index (χ2v) is 12.6. The summed E-state index contributed by atoms with van der Waals surface area (Å²) < 4.78 is 26.2. The molecule has 0 N–H and O–H groups in total. The molecule has 8 nitrogen and oxygen atoms in total. The van der Waals surface area contributed by atoms with Gasteiger partial charge in [-0.2, -0.15) is 0 Å². The number of esters is 1. The summed E-state index contributed by atoms with van der Waals surface area (Å²) in [6.45, 7) is 7.12. The number of aromatic nitrogens is 1. The molecule has 1 aliphatic heterocycles. The maximum absolute atomic E-state index is 14.0.